The molecule has 0 spiro atoms. The van der Waals surface area contributed by atoms with Crippen molar-refractivity contribution in [1.82, 2.24) is 4.98 Å². The molecule has 0 saturated heterocycles. The zero-order valence-corrected chi connectivity index (χ0v) is 13.9. The molecule has 3 aromatic rings. The van der Waals surface area contributed by atoms with Gasteiger partial charge >= 0.3 is 5.97 Å². The van der Waals surface area contributed by atoms with Crippen molar-refractivity contribution in [3.8, 4) is 5.75 Å². The molecule has 1 aromatic heterocycles. The van der Waals surface area contributed by atoms with Crippen LogP contribution in [0.1, 0.15) is 17.3 Å². The van der Waals surface area contributed by atoms with E-state index in [1.165, 1.54) is 18.7 Å². The third kappa shape index (κ3) is 3.97. The third-order valence-corrected chi connectivity index (χ3v) is 5.23. The van der Waals surface area contributed by atoms with Gasteiger partial charge in [0.15, 0.2) is 10.1 Å². The number of thioether (sulfide) groups is 1. The number of carbonyl (C=O) groups excluding carboxylic acids is 2. The Kier molecular flexibility index (Phi) is 4.73. The molecule has 0 amide bonds. The van der Waals surface area contributed by atoms with Crippen molar-refractivity contribution in [2.45, 2.75) is 11.3 Å². The summed E-state index contributed by atoms with van der Waals surface area (Å²) in [6.07, 6.45) is 0. The molecule has 2 aromatic carbocycles. The number of para-hydroxylation sites is 1. The number of benzene rings is 2. The average Bonchev–Trinajstić information content (AvgIpc) is 2.96. The van der Waals surface area contributed by atoms with Crippen molar-refractivity contribution >= 4 is 45.1 Å². The lowest BCUT2D eigenvalue weighted by Crippen LogP contribution is -2.10. The predicted octanol–water partition coefficient (Wildman–Crippen LogP) is 4.20. The van der Waals surface area contributed by atoms with Crippen LogP contribution in [0.3, 0.4) is 0 Å². The summed E-state index contributed by atoms with van der Waals surface area (Å²) in [5.41, 5.74) is 1.53. The van der Waals surface area contributed by atoms with Crippen molar-refractivity contribution in [3.05, 3.63) is 54.1 Å². The molecule has 0 fully saturated rings. The van der Waals surface area contributed by atoms with E-state index in [2.05, 4.69) is 4.98 Å². The second kappa shape index (κ2) is 6.93. The van der Waals surface area contributed by atoms with Gasteiger partial charge in [-0.05, 0) is 43.3 Å². The molecule has 0 saturated carbocycles. The van der Waals surface area contributed by atoms with E-state index in [1.807, 2.05) is 24.3 Å². The molecule has 23 heavy (non-hydrogen) atoms. The summed E-state index contributed by atoms with van der Waals surface area (Å²) in [7, 11) is 0. The maximum atomic E-state index is 11.9. The van der Waals surface area contributed by atoms with E-state index in [0.717, 1.165) is 14.6 Å². The van der Waals surface area contributed by atoms with Crippen LogP contribution in [0.4, 0.5) is 0 Å². The second-order valence-electron chi connectivity index (χ2n) is 4.79. The Labute approximate surface area is 141 Å². The van der Waals surface area contributed by atoms with Crippen molar-refractivity contribution < 1.29 is 14.3 Å². The largest absolute Gasteiger partial charge is 0.426 e. The van der Waals surface area contributed by atoms with Gasteiger partial charge in [0.1, 0.15) is 5.75 Å². The van der Waals surface area contributed by atoms with Crippen LogP contribution in [0, 0.1) is 0 Å². The number of ketones is 1. The predicted molar refractivity (Wildman–Crippen MR) is 92.4 cm³/mol. The van der Waals surface area contributed by atoms with Crippen LogP contribution < -0.4 is 4.74 Å². The number of fused-ring (bicyclic) bond motifs is 1. The number of rotatable bonds is 5. The molecule has 0 unspecified atom stereocenters. The van der Waals surface area contributed by atoms with Gasteiger partial charge in [0.05, 0.1) is 16.0 Å². The number of thiazole rings is 1. The van der Waals surface area contributed by atoms with E-state index in [1.54, 1.807) is 35.6 Å². The fourth-order valence-corrected chi connectivity index (χ4v) is 3.79. The minimum atomic E-state index is -0.343. The summed E-state index contributed by atoms with van der Waals surface area (Å²) in [4.78, 5) is 27.5. The smallest absolute Gasteiger partial charge is 0.321 e. The van der Waals surface area contributed by atoms with Crippen LogP contribution in [-0.2, 0) is 4.79 Å². The first-order valence-corrected chi connectivity index (χ1v) is 8.72. The highest BCUT2D eigenvalue weighted by molar-refractivity contribution is 8.01. The Bertz CT molecular complexity index is 823. The van der Waals surface area contributed by atoms with Crippen LogP contribution in [0.5, 0.6) is 5.75 Å². The molecule has 4 nitrogen and oxygen atoms in total. The normalized spacial score (nSPS) is 10.7. The van der Waals surface area contributed by atoms with Gasteiger partial charge in [0.25, 0.3) is 0 Å². The quantitative estimate of drug-likeness (QED) is 0.301. The summed E-state index contributed by atoms with van der Waals surface area (Å²) >= 11 is 2.92. The third-order valence-electron chi connectivity index (χ3n) is 3.08. The number of carbonyl (C=O) groups is 2. The monoisotopic (exact) mass is 343 g/mol. The molecule has 1 heterocycles. The molecule has 6 heteroatoms. The number of ether oxygens (including phenoxy) is 1. The first-order valence-electron chi connectivity index (χ1n) is 6.92. The standard InChI is InChI=1S/C17H13NO3S2/c1-11(19)12-6-8-13(9-7-12)21-16(20)10-22-17-18-14-4-2-3-5-15(14)23-17/h2-9H,10H2,1H3. The van der Waals surface area contributed by atoms with Gasteiger partial charge in [-0.2, -0.15) is 0 Å². The highest BCUT2D eigenvalue weighted by atomic mass is 32.2. The molecular formula is C17H13NO3S2. The van der Waals surface area contributed by atoms with E-state index in [9.17, 15) is 9.59 Å². The van der Waals surface area contributed by atoms with Crippen molar-refractivity contribution in [3.63, 3.8) is 0 Å². The van der Waals surface area contributed by atoms with E-state index in [0.29, 0.717) is 11.3 Å². The first-order chi connectivity index (χ1) is 11.1. The number of hydrogen-bond donors (Lipinski definition) is 0. The van der Waals surface area contributed by atoms with Gasteiger partial charge in [-0.3, -0.25) is 9.59 Å². The summed E-state index contributed by atoms with van der Waals surface area (Å²) in [6, 6.07) is 14.4. The first kappa shape index (κ1) is 15.7. The van der Waals surface area contributed by atoms with E-state index in [4.69, 9.17) is 4.74 Å². The SMILES string of the molecule is CC(=O)c1ccc(OC(=O)CSc2nc3ccccc3s2)cc1. The van der Waals surface area contributed by atoms with Crippen LogP contribution in [-0.4, -0.2) is 22.5 Å². The Morgan fingerprint density at radius 1 is 1.13 bits per heavy atom. The van der Waals surface area contributed by atoms with Crippen molar-refractivity contribution in [1.29, 1.82) is 0 Å². The molecule has 0 aliphatic carbocycles. The zero-order valence-electron chi connectivity index (χ0n) is 12.3. The molecular weight excluding hydrogens is 330 g/mol. The lowest BCUT2D eigenvalue weighted by atomic mass is 10.1. The van der Waals surface area contributed by atoms with Gasteiger partial charge in [0, 0.05) is 5.56 Å². The number of esters is 1. The molecule has 0 N–H and O–H groups in total. The second-order valence-corrected chi connectivity index (χ2v) is 7.04. The Morgan fingerprint density at radius 2 is 1.87 bits per heavy atom. The lowest BCUT2D eigenvalue weighted by molar-refractivity contribution is -0.131. The fraction of sp³-hybridized carbons (Fsp3) is 0.118. The molecule has 0 radical (unpaired) electrons. The maximum Gasteiger partial charge on any atom is 0.321 e. The molecule has 0 aliphatic heterocycles. The number of Topliss-reactive ketones (excluding diaryl/α,β-unsaturated/α-hetero) is 1. The Balaban J connectivity index is 1.57. The van der Waals surface area contributed by atoms with E-state index in [-0.39, 0.29) is 17.5 Å². The number of aromatic nitrogens is 1. The van der Waals surface area contributed by atoms with Gasteiger partial charge < -0.3 is 4.74 Å². The van der Waals surface area contributed by atoms with Crippen molar-refractivity contribution in [2.24, 2.45) is 0 Å². The molecule has 0 aliphatic rings. The summed E-state index contributed by atoms with van der Waals surface area (Å²) in [5.74, 6) is 0.262. The van der Waals surface area contributed by atoms with Gasteiger partial charge in [-0.25, -0.2) is 4.98 Å². The minimum absolute atomic E-state index is 0.0192. The van der Waals surface area contributed by atoms with Crippen LogP contribution in [0.2, 0.25) is 0 Å². The molecule has 0 bridgehead atoms. The summed E-state index contributed by atoms with van der Waals surface area (Å²) in [6.45, 7) is 1.50. The van der Waals surface area contributed by atoms with Gasteiger partial charge in [-0.15, -0.1) is 11.3 Å². The highest BCUT2D eigenvalue weighted by Crippen LogP contribution is 2.29. The number of nitrogens with zero attached hydrogens (tertiary/aromatic N) is 1. The molecule has 116 valence electrons. The van der Waals surface area contributed by atoms with Crippen LogP contribution in [0.25, 0.3) is 10.2 Å². The average molecular weight is 343 g/mol. The summed E-state index contributed by atoms with van der Waals surface area (Å²) in [5, 5.41) is 0. The Hall–Kier alpha value is -2.18. The van der Waals surface area contributed by atoms with E-state index >= 15 is 0 Å². The van der Waals surface area contributed by atoms with Crippen molar-refractivity contribution in [2.75, 3.05) is 5.75 Å². The zero-order chi connectivity index (χ0) is 16.2. The highest BCUT2D eigenvalue weighted by Gasteiger charge is 2.10. The van der Waals surface area contributed by atoms with Crippen LogP contribution >= 0.6 is 23.1 Å². The van der Waals surface area contributed by atoms with Gasteiger partial charge in [-0.1, -0.05) is 23.9 Å². The Morgan fingerprint density at radius 3 is 2.57 bits per heavy atom. The topological polar surface area (TPSA) is 56.3 Å². The van der Waals surface area contributed by atoms with Crippen LogP contribution in [0.15, 0.2) is 52.9 Å². The summed E-state index contributed by atoms with van der Waals surface area (Å²) < 4.78 is 7.19. The maximum absolute atomic E-state index is 11.9. The number of hydrogen-bond acceptors (Lipinski definition) is 6. The molecule has 0 atom stereocenters. The minimum Gasteiger partial charge on any atom is -0.426 e. The molecule has 3 rings (SSSR count). The van der Waals surface area contributed by atoms with E-state index < -0.39 is 0 Å². The lowest BCUT2D eigenvalue weighted by Gasteiger charge is -2.03. The fourth-order valence-electron chi connectivity index (χ4n) is 1.95. The van der Waals surface area contributed by atoms with Gasteiger partial charge in [0.2, 0.25) is 0 Å².